The molecular weight excluding hydrogens is 407 g/mol. The van der Waals surface area contributed by atoms with Crippen LogP contribution in [-0.4, -0.2) is 28.8 Å². The Hall–Kier alpha value is -3.64. The second-order valence-corrected chi connectivity index (χ2v) is 8.07. The third kappa shape index (κ3) is 3.42. The number of carbonyl (C=O) groups excluding carboxylic acids is 1. The number of nitrogens with zero attached hydrogens (tertiary/aromatic N) is 1. The third-order valence-corrected chi connectivity index (χ3v) is 6.16. The number of nitrogens with two attached hydrogens (primary N) is 1. The Bertz CT molecular complexity index is 1290. The number of phenolic OH excluding ortho intramolecular Hbond substituents is 1. The van der Waals surface area contributed by atoms with Gasteiger partial charge in [0.25, 0.3) is 0 Å². The van der Waals surface area contributed by atoms with Crippen molar-refractivity contribution in [1.29, 1.82) is 0 Å². The van der Waals surface area contributed by atoms with E-state index in [0.29, 0.717) is 24.3 Å². The van der Waals surface area contributed by atoms with E-state index in [2.05, 4.69) is 4.57 Å². The molecule has 0 unspecified atom stereocenters. The average Bonchev–Trinajstić information content (AvgIpc) is 3.17. The number of phenols is 1. The molecule has 6 heteroatoms. The van der Waals surface area contributed by atoms with Crippen LogP contribution in [0.1, 0.15) is 34.8 Å². The number of benzene rings is 3. The van der Waals surface area contributed by atoms with E-state index in [1.54, 1.807) is 30.3 Å². The smallest absolute Gasteiger partial charge is 0.248 e. The van der Waals surface area contributed by atoms with Crippen LogP contribution in [0.4, 0.5) is 4.39 Å². The van der Waals surface area contributed by atoms with Crippen molar-refractivity contribution in [3.8, 4) is 22.6 Å². The largest absolute Gasteiger partial charge is 0.506 e. The van der Waals surface area contributed by atoms with Gasteiger partial charge in [0, 0.05) is 47.0 Å². The first-order chi connectivity index (χ1) is 15.5. The van der Waals surface area contributed by atoms with Crippen LogP contribution in [0, 0.1) is 5.82 Å². The number of aromatic nitrogens is 1. The van der Waals surface area contributed by atoms with Gasteiger partial charge in [0.15, 0.2) is 0 Å². The van der Waals surface area contributed by atoms with Gasteiger partial charge in [-0.1, -0.05) is 24.3 Å². The molecule has 0 spiro atoms. The van der Waals surface area contributed by atoms with E-state index >= 15 is 0 Å². The highest BCUT2D eigenvalue weighted by molar-refractivity contribution is 6.02. The Morgan fingerprint density at radius 3 is 2.34 bits per heavy atom. The molecule has 162 valence electrons. The molecule has 0 bridgehead atoms. The number of primary amides is 1. The lowest BCUT2D eigenvalue weighted by Crippen LogP contribution is -2.17. The van der Waals surface area contributed by atoms with Crippen LogP contribution in [0.2, 0.25) is 0 Å². The van der Waals surface area contributed by atoms with Gasteiger partial charge in [0.2, 0.25) is 5.91 Å². The second kappa shape index (κ2) is 8.13. The van der Waals surface area contributed by atoms with Crippen LogP contribution in [-0.2, 0) is 4.74 Å². The van der Waals surface area contributed by atoms with Crippen LogP contribution in [0.5, 0.6) is 5.75 Å². The minimum Gasteiger partial charge on any atom is -0.506 e. The zero-order valence-electron chi connectivity index (χ0n) is 17.4. The molecule has 1 fully saturated rings. The molecule has 0 saturated carbocycles. The zero-order valence-corrected chi connectivity index (χ0v) is 17.4. The molecule has 0 radical (unpaired) electrons. The van der Waals surface area contributed by atoms with E-state index in [1.165, 1.54) is 12.1 Å². The van der Waals surface area contributed by atoms with Crippen LogP contribution in [0.15, 0.2) is 66.7 Å². The van der Waals surface area contributed by atoms with Gasteiger partial charge in [-0.15, -0.1) is 0 Å². The number of ether oxygens (including phenoxy) is 1. The van der Waals surface area contributed by atoms with Gasteiger partial charge >= 0.3 is 0 Å². The van der Waals surface area contributed by atoms with Crippen molar-refractivity contribution in [3.63, 3.8) is 0 Å². The van der Waals surface area contributed by atoms with Crippen molar-refractivity contribution >= 4 is 16.8 Å². The van der Waals surface area contributed by atoms with Crippen LogP contribution in [0.25, 0.3) is 27.7 Å². The number of para-hydroxylation sites is 1. The van der Waals surface area contributed by atoms with Crippen molar-refractivity contribution in [2.24, 2.45) is 5.73 Å². The molecule has 3 aromatic carbocycles. The Balaban J connectivity index is 1.85. The fraction of sp³-hybridized carbons (Fsp3) is 0.192. The Morgan fingerprint density at radius 1 is 1.00 bits per heavy atom. The number of halogens is 1. The number of aromatic hydroxyl groups is 1. The summed E-state index contributed by atoms with van der Waals surface area (Å²) in [6, 6.07) is 19.0. The van der Waals surface area contributed by atoms with Crippen LogP contribution >= 0.6 is 0 Å². The van der Waals surface area contributed by atoms with Gasteiger partial charge in [-0.25, -0.2) is 4.39 Å². The molecule has 3 N–H and O–H groups in total. The summed E-state index contributed by atoms with van der Waals surface area (Å²) in [5.41, 5.74) is 10.2. The first-order valence-electron chi connectivity index (χ1n) is 10.6. The maximum absolute atomic E-state index is 13.7. The summed E-state index contributed by atoms with van der Waals surface area (Å²) in [6.45, 7) is 1.31. The third-order valence-electron chi connectivity index (χ3n) is 6.16. The van der Waals surface area contributed by atoms with Crippen molar-refractivity contribution in [3.05, 3.63) is 83.8 Å². The predicted octanol–water partition coefficient (Wildman–Crippen LogP) is 5.14. The molecule has 4 aromatic rings. The molecule has 32 heavy (non-hydrogen) atoms. The molecule has 1 aliphatic rings. The Kier molecular flexibility index (Phi) is 5.15. The fourth-order valence-corrected chi connectivity index (χ4v) is 4.66. The Morgan fingerprint density at radius 2 is 1.69 bits per heavy atom. The molecule has 5 nitrogen and oxygen atoms in total. The van der Waals surface area contributed by atoms with Crippen molar-refractivity contribution < 1.29 is 19.0 Å². The standard InChI is InChI=1S/C26H23FN2O3/c27-19-8-4-16(5-9-19)23-21-2-1-3-22(30)25(21)29(24(23)17-12-14-32-15-13-17)20-10-6-18(7-11-20)26(28)31/h1-11,17,30H,12-15H2,(H2,28,31). The van der Waals surface area contributed by atoms with Gasteiger partial charge in [0.1, 0.15) is 11.6 Å². The van der Waals surface area contributed by atoms with Gasteiger partial charge in [-0.2, -0.15) is 0 Å². The molecule has 0 atom stereocenters. The first-order valence-corrected chi connectivity index (χ1v) is 10.6. The van der Waals surface area contributed by atoms with Crippen molar-refractivity contribution in [2.75, 3.05) is 13.2 Å². The lowest BCUT2D eigenvalue weighted by molar-refractivity contribution is 0.0843. The number of amides is 1. The summed E-state index contributed by atoms with van der Waals surface area (Å²) in [7, 11) is 0. The van der Waals surface area contributed by atoms with E-state index in [9.17, 15) is 14.3 Å². The summed E-state index contributed by atoms with van der Waals surface area (Å²) in [5.74, 6) is -0.446. The molecule has 1 aromatic heterocycles. The Labute approximate surface area is 184 Å². The first kappa shape index (κ1) is 20.3. The highest BCUT2D eigenvalue weighted by atomic mass is 19.1. The van der Waals surface area contributed by atoms with Crippen molar-refractivity contribution in [2.45, 2.75) is 18.8 Å². The predicted molar refractivity (Wildman–Crippen MR) is 122 cm³/mol. The van der Waals surface area contributed by atoms with Crippen LogP contribution < -0.4 is 5.73 Å². The molecule has 1 saturated heterocycles. The van der Waals surface area contributed by atoms with Crippen molar-refractivity contribution in [1.82, 2.24) is 4.57 Å². The topological polar surface area (TPSA) is 77.5 Å². The molecule has 5 rings (SSSR count). The van der Waals surface area contributed by atoms with Gasteiger partial charge < -0.3 is 20.1 Å². The maximum Gasteiger partial charge on any atom is 0.248 e. The number of rotatable bonds is 4. The lowest BCUT2D eigenvalue weighted by atomic mass is 9.90. The van der Waals surface area contributed by atoms with E-state index in [1.807, 2.05) is 24.3 Å². The second-order valence-electron chi connectivity index (χ2n) is 8.07. The molecular formula is C26H23FN2O3. The summed E-state index contributed by atoms with van der Waals surface area (Å²) in [5, 5.41) is 11.8. The highest BCUT2D eigenvalue weighted by Gasteiger charge is 2.28. The normalized spacial score (nSPS) is 14.7. The quantitative estimate of drug-likeness (QED) is 0.471. The lowest BCUT2D eigenvalue weighted by Gasteiger charge is -2.26. The maximum atomic E-state index is 13.7. The number of carbonyl (C=O) groups is 1. The molecule has 1 amide bonds. The van der Waals surface area contributed by atoms with Crippen LogP contribution in [0.3, 0.4) is 0 Å². The number of hydrogen-bond acceptors (Lipinski definition) is 3. The van der Waals surface area contributed by atoms with E-state index in [0.717, 1.165) is 40.7 Å². The van der Waals surface area contributed by atoms with E-state index in [-0.39, 0.29) is 17.5 Å². The average molecular weight is 430 g/mol. The van der Waals surface area contributed by atoms with Gasteiger partial charge in [0.05, 0.1) is 5.52 Å². The molecule has 2 heterocycles. The summed E-state index contributed by atoms with van der Waals surface area (Å²) in [4.78, 5) is 11.6. The number of hydrogen-bond donors (Lipinski definition) is 2. The van der Waals surface area contributed by atoms with E-state index < -0.39 is 5.91 Å². The monoisotopic (exact) mass is 430 g/mol. The fourth-order valence-electron chi connectivity index (χ4n) is 4.66. The van der Waals surface area contributed by atoms with Gasteiger partial charge in [-0.3, -0.25) is 4.79 Å². The highest BCUT2D eigenvalue weighted by Crippen LogP contribution is 2.45. The SMILES string of the molecule is NC(=O)c1ccc(-n2c(C3CCOCC3)c(-c3ccc(F)cc3)c3cccc(O)c32)cc1. The minimum atomic E-state index is -0.492. The summed E-state index contributed by atoms with van der Waals surface area (Å²) >= 11 is 0. The van der Waals surface area contributed by atoms with E-state index in [4.69, 9.17) is 10.5 Å². The van der Waals surface area contributed by atoms with Gasteiger partial charge in [-0.05, 0) is 60.9 Å². The summed E-state index contributed by atoms with van der Waals surface area (Å²) < 4.78 is 21.4. The minimum absolute atomic E-state index is 0.156. The zero-order chi connectivity index (χ0) is 22.2. The summed E-state index contributed by atoms with van der Waals surface area (Å²) in [6.07, 6.45) is 1.68. The number of fused-ring (bicyclic) bond motifs is 1. The molecule has 0 aliphatic carbocycles. The molecule has 1 aliphatic heterocycles.